The number of aryl methyl sites for hydroxylation is 1. The van der Waals surface area contributed by atoms with E-state index in [0.717, 1.165) is 5.56 Å². The standard InChI is InChI=1S/C27H43N5O14/c33-24(30-14-6-10-23(30)26(36)43-17-15-42-16-18-45-31(38)39)21(9-4-5-13-28-27(37)44-19-46-32(40)41)29-22(25(34)35)12-11-20-7-2-1-3-8-20/h1-3,7-8,21-23,29,38-41H,4-6,9-19H2,(H,28,37)(H,34,35). The molecule has 46 heavy (non-hydrogen) atoms. The Morgan fingerprint density at radius 1 is 0.891 bits per heavy atom. The van der Waals surface area contributed by atoms with Gasteiger partial charge >= 0.3 is 18.0 Å². The van der Waals surface area contributed by atoms with Crippen LogP contribution >= 0.6 is 0 Å². The Balaban J connectivity index is 1.97. The van der Waals surface area contributed by atoms with Gasteiger partial charge in [-0.15, -0.1) is 0 Å². The number of carboxylic acids is 1. The van der Waals surface area contributed by atoms with E-state index in [4.69, 9.17) is 30.3 Å². The van der Waals surface area contributed by atoms with Gasteiger partial charge in [-0.1, -0.05) is 30.3 Å². The second kappa shape index (κ2) is 22.1. The summed E-state index contributed by atoms with van der Waals surface area (Å²) in [5, 5.41) is 48.2. The minimum absolute atomic E-state index is 0.00284. The number of likely N-dealkylation sites (tertiary alicyclic amines) is 1. The molecule has 1 aliphatic rings. The van der Waals surface area contributed by atoms with E-state index in [2.05, 4.69) is 25.0 Å². The first-order valence-corrected chi connectivity index (χ1v) is 14.7. The lowest BCUT2D eigenvalue weighted by Gasteiger charge is -2.30. The second-order valence-corrected chi connectivity index (χ2v) is 10.0. The minimum atomic E-state index is -1.13. The van der Waals surface area contributed by atoms with Crippen LogP contribution in [0.25, 0.3) is 0 Å². The Labute approximate surface area is 264 Å². The van der Waals surface area contributed by atoms with Crippen LogP contribution in [0, 0.1) is 0 Å². The van der Waals surface area contributed by atoms with Crippen molar-refractivity contribution in [3.63, 3.8) is 0 Å². The number of amides is 2. The van der Waals surface area contributed by atoms with Gasteiger partial charge in [0.05, 0.1) is 36.6 Å². The topological polar surface area (TPSA) is 249 Å². The number of hydrogen-bond acceptors (Lipinski definition) is 16. The third kappa shape index (κ3) is 15.7. The van der Waals surface area contributed by atoms with Gasteiger partial charge in [0.25, 0.3) is 0 Å². The summed E-state index contributed by atoms with van der Waals surface area (Å²) in [5.41, 5.74) is 0.940. The molecular weight excluding hydrogens is 618 g/mol. The first-order chi connectivity index (χ1) is 22.1. The van der Waals surface area contributed by atoms with Crippen molar-refractivity contribution in [1.29, 1.82) is 0 Å². The summed E-state index contributed by atoms with van der Waals surface area (Å²) in [6.45, 7) is -0.567. The molecule has 0 aliphatic carbocycles. The molecule has 7 N–H and O–H groups in total. The molecule has 260 valence electrons. The van der Waals surface area contributed by atoms with Gasteiger partial charge in [-0.3, -0.25) is 35.7 Å². The smallest absolute Gasteiger partial charge is 0.409 e. The first-order valence-electron chi connectivity index (χ1n) is 14.7. The van der Waals surface area contributed by atoms with E-state index in [9.17, 15) is 24.3 Å². The van der Waals surface area contributed by atoms with Gasteiger partial charge in [0.2, 0.25) is 12.7 Å². The predicted molar refractivity (Wildman–Crippen MR) is 151 cm³/mol. The zero-order chi connectivity index (χ0) is 33.7. The molecule has 0 radical (unpaired) electrons. The molecule has 1 aromatic rings. The molecule has 1 saturated heterocycles. The van der Waals surface area contributed by atoms with Crippen molar-refractivity contribution in [3.05, 3.63) is 35.9 Å². The number of carboxylic acid groups (broad SMARTS) is 1. The largest absolute Gasteiger partial charge is 0.480 e. The normalized spacial score (nSPS) is 16.0. The van der Waals surface area contributed by atoms with Crippen molar-refractivity contribution in [3.8, 4) is 0 Å². The summed E-state index contributed by atoms with van der Waals surface area (Å²) in [6, 6.07) is 6.45. The Morgan fingerprint density at radius 3 is 2.30 bits per heavy atom. The molecule has 1 fully saturated rings. The summed E-state index contributed by atoms with van der Waals surface area (Å²) in [4.78, 5) is 60.3. The van der Waals surface area contributed by atoms with E-state index in [1.807, 2.05) is 30.3 Å². The lowest BCUT2D eigenvalue weighted by molar-refractivity contribution is -0.503. The Hall–Kier alpha value is -3.50. The molecule has 0 bridgehead atoms. The van der Waals surface area contributed by atoms with Gasteiger partial charge in [-0.25, -0.2) is 19.3 Å². The molecule has 0 saturated carbocycles. The van der Waals surface area contributed by atoms with Crippen molar-refractivity contribution in [2.45, 2.75) is 63.1 Å². The third-order valence-corrected chi connectivity index (χ3v) is 6.82. The lowest BCUT2D eigenvalue weighted by atomic mass is 10.0. The second-order valence-electron chi connectivity index (χ2n) is 10.0. The summed E-state index contributed by atoms with van der Waals surface area (Å²) >= 11 is 0. The summed E-state index contributed by atoms with van der Waals surface area (Å²) in [7, 11) is 0. The van der Waals surface area contributed by atoms with Gasteiger partial charge in [0, 0.05) is 13.1 Å². The van der Waals surface area contributed by atoms with Gasteiger partial charge in [-0.2, -0.15) is 0 Å². The SMILES string of the molecule is O=C(NCCCCC(NC(CCc1ccccc1)C(=O)O)C(=O)N1CCCC1C(=O)OCCOCCON(O)O)OCON(O)O. The van der Waals surface area contributed by atoms with E-state index >= 15 is 0 Å². The molecule has 3 unspecified atom stereocenters. The monoisotopic (exact) mass is 661 g/mol. The molecule has 19 nitrogen and oxygen atoms in total. The Morgan fingerprint density at radius 2 is 1.61 bits per heavy atom. The van der Waals surface area contributed by atoms with Crippen molar-refractivity contribution in [1.82, 2.24) is 26.3 Å². The number of ether oxygens (including phenoxy) is 3. The van der Waals surface area contributed by atoms with E-state index in [1.54, 1.807) is 0 Å². The lowest BCUT2D eigenvalue weighted by Crippen LogP contribution is -2.54. The van der Waals surface area contributed by atoms with Gasteiger partial charge in [-0.05, 0) is 50.5 Å². The number of carbonyl (C=O) groups excluding carboxylic acids is 3. The van der Waals surface area contributed by atoms with Crippen LogP contribution < -0.4 is 10.6 Å². The molecule has 3 atom stereocenters. The quantitative estimate of drug-likeness (QED) is 0.0364. The third-order valence-electron chi connectivity index (χ3n) is 6.82. The van der Waals surface area contributed by atoms with Crippen molar-refractivity contribution in [2.24, 2.45) is 0 Å². The van der Waals surface area contributed by atoms with Crippen LogP contribution in [0.4, 0.5) is 4.79 Å². The van der Waals surface area contributed by atoms with E-state index in [-0.39, 0.29) is 52.4 Å². The van der Waals surface area contributed by atoms with Crippen LogP contribution in [-0.4, -0.2) is 130 Å². The summed E-state index contributed by atoms with van der Waals surface area (Å²) in [6.07, 6.45) is 1.68. The summed E-state index contributed by atoms with van der Waals surface area (Å²) in [5.74, 6) is -2.20. The zero-order valence-electron chi connectivity index (χ0n) is 25.3. The maximum atomic E-state index is 13.8. The fraction of sp³-hybridized carbons (Fsp3) is 0.630. The van der Waals surface area contributed by atoms with Crippen LogP contribution in [-0.2, 0) is 44.7 Å². The van der Waals surface area contributed by atoms with Crippen LogP contribution in [0.3, 0.4) is 0 Å². The molecule has 1 heterocycles. The number of hydrogen-bond donors (Lipinski definition) is 7. The number of alkyl carbamates (subject to hydrolysis) is 1. The molecular formula is C27H43N5O14. The summed E-state index contributed by atoms with van der Waals surface area (Å²) < 4.78 is 15.0. The average Bonchev–Trinajstić information content (AvgIpc) is 3.51. The fourth-order valence-corrected chi connectivity index (χ4v) is 4.65. The highest BCUT2D eigenvalue weighted by Gasteiger charge is 2.39. The van der Waals surface area contributed by atoms with Crippen LogP contribution in [0.1, 0.15) is 44.1 Å². The van der Waals surface area contributed by atoms with E-state index in [0.29, 0.717) is 32.1 Å². The minimum Gasteiger partial charge on any atom is -0.480 e. The highest BCUT2D eigenvalue weighted by molar-refractivity contribution is 5.88. The van der Waals surface area contributed by atoms with Gasteiger partial charge < -0.3 is 29.5 Å². The number of nitrogens with zero attached hydrogens (tertiary/aromatic N) is 3. The number of benzene rings is 1. The molecule has 1 aliphatic heterocycles. The fourth-order valence-electron chi connectivity index (χ4n) is 4.65. The van der Waals surface area contributed by atoms with E-state index in [1.165, 1.54) is 4.90 Å². The maximum Gasteiger partial charge on any atom is 0.409 e. The number of esters is 1. The maximum absolute atomic E-state index is 13.8. The molecule has 2 amide bonds. The van der Waals surface area contributed by atoms with Gasteiger partial charge in [0.15, 0.2) is 0 Å². The average molecular weight is 662 g/mol. The molecule has 0 aromatic heterocycles. The molecule has 2 rings (SSSR count). The van der Waals surface area contributed by atoms with Crippen LogP contribution in [0.2, 0.25) is 0 Å². The van der Waals surface area contributed by atoms with Crippen molar-refractivity contribution < 1.29 is 69.0 Å². The van der Waals surface area contributed by atoms with Crippen molar-refractivity contribution in [2.75, 3.05) is 46.3 Å². The predicted octanol–water partition coefficient (Wildman–Crippen LogP) is 0.459. The van der Waals surface area contributed by atoms with Crippen LogP contribution in [0.15, 0.2) is 30.3 Å². The number of unbranched alkanes of at least 4 members (excludes halogenated alkanes) is 1. The molecule has 0 spiro atoms. The number of carbonyl (C=O) groups is 4. The van der Waals surface area contributed by atoms with Crippen molar-refractivity contribution >= 4 is 23.9 Å². The van der Waals surface area contributed by atoms with Gasteiger partial charge in [0.1, 0.15) is 18.7 Å². The Bertz CT molecular complexity index is 1050. The molecule has 19 heteroatoms. The van der Waals surface area contributed by atoms with Crippen LogP contribution in [0.5, 0.6) is 0 Å². The molecule has 1 aromatic carbocycles. The highest BCUT2D eigenvalue weighted by Crippen LogP contribution is 2.21. The number of rotatable bonds is 23. The van der Waals surface area contributed by atoms with E-state index < -0.39 is 59.6 Å². The first kappa shape index (κ1) is 38.7. The highest BCUT2D eigenvalue weighted by atomic mass is 17.1. The number of aliphatic carboxylic acids is 1. The number of nitrogens with one attached hydrogen (secondary N) is 2. The Kier molecular flexibility index (Phi) is 18.6. The zero-order valence-corrected chi connectivity index (χ0v) is 25.3.